The van der Waals surface area contributed by atoms with Gasteiger partial charge in [-0.3, -0.25) is 9.69 Å². The monoisotopic (exact) mass is 471 g/mol. The highest BCUT2D eigenvalue weighted by Gasteiger charge is 2.26. The number of fused-ring (bicyclic) bond motifs is 3. The lowest BCUT2D eigenvalue weighted by Gasteiger charge is -2.34. The second kappa shape index (κ2) is 9.86. The van der Waals surface area contributed by atoms with Gasteiger partial charge >= 0.3 is 0 Å². The summed E-state index contributed by atoms with van der Waals surface area (Å²) in [5.41, 5.74) is 6.57. The average molecular weight is 472 g/mol. The summed E-state index contributed by atoms with van der Waals surface area (Å²) in [7, 11) is 2.19. The first kappa shape index (κ1) is 23.2. The molecule has 6 heteroatoms. The van der Waals surface area contributed by atoms with E-state index in [0.717, 1.165) is 36.8 Å². The normalized spacial score (nSPS) is 17.2. The van der Waals surface area contributed by atoms with E-state index in [9.17, 15) is 4.79 Å². The molecule has 2 heterocycles. The first-order valence-electron chi connectivity index (χ1n) is 11.5. The summed E-state index contributed by atoms with van der Waals surface area (Å²) in [6.07, 6.45) is 7.17. The average Bonchev–Trinajstić information content (AvgIpc) is 2.93. The Morgan fingerprint density at radius 2 is 1.75 bits per heavy atom. The van der Waals surface area contributed by atoms with E-state index in [1.807, 2.05) is 17.0 Å². The Morgan fingerprint density at radius 3 is 2.53 bits per heavy atom. The molecule has 1 saturated heterocycles. The van der Waals surface area contributed by atoms with Crippen molar-refractivity contribution in [3.8, 4) is 0 Å². The number of aryl methyl sites for hydroxylation is 2. The van der Waals surface area contributed by atoms with Crippen LogP contribution in [-0.4, -0.2) is 41.6 Å². The van der Waals surface area contributed by atoms with Gasteiger partial charge in [-0.25, -0.2) is 0 Å². The van der Waals surface area contributed by atoms with Gasteiger partial charge in [-0.2, -0.15) is 0 Å². The van der Waals surface area contributed by atoms with Crippen molar-refractivity contribution in [1.82, 2.24) is 9.47 Å². The van der Waals surface area contributed by atoms with Crippen molar-refractivity contribution in [2.45, 2.75) is 38.5 Å². The minimum Gasteiger partial charge on any atom is -0.347 e. The predicted octanol–water partition coefficient (Wildman–Crippen LogP) is 5.41. The Bertz CT molecular complexity index is 1110. The smallest absolute Gasteiger partial charge is 0.241 e. The molecule has 1 fully saturated rings. The fraction of sp³-hybridized carbons (Fsp3) is 0.423. The van der Waals surface area contributed by atoms with Gasteiger partial charge in [0.15, 0.2) is 0 Å². The number of hydrogen-bond donors (Lipinski definition) is 0. The third-order valence-electron chi connectivity index (χ3n) is 7.00. The SMILES string of the molecule is Cl.Cn1c2c(c3ccc(N4CCN(CCc5ccc(Cl)cc5)CC4=O)cc31)CCCCC2. The van der Waals surface area contributed by atoms with Crippen LogP contribution in [0.15, 0.2) is 42.5 Å². The molecule has 2 aromatic carbocycles. The second-order valence-corrected chi connectivity index (χ2v) is 9.38. The zero-order chi connectivity index (χ0) is 21.4. The lowest BCUT2D eigenvalue weighted by Crippen LogP contribution is -2.50. The molecule has 3 aromatic rings. The van der Waals surface area contributed by atoms with Crippen LogP contribution in [0.3, 0.4) is 0 Å². The summed E-state index contributed by atoms with van der Waals surface area (Å²) < 4.78 is 2.37. The molecule has 1 aliphatic carbocycles. The standard InChI is InChI=1S/C26H30ClN3O.ClH/c1-28-24-6-4-2-3-5-22(24)23-12-11-21(17-25(23)28)30-16-15-29(18-26(30)31)14-13-19-7-9-20(27)10-8-19;/h7-12,17H,2-6,13-16,18H2,1H3;1H. The van der Waals surface area contributed by atoms with Crippen molar-refractivity contribution in [3.63, 3.8) is 0 Å². The van der Waals surface area contributed by atoms with Gasteiger partial charge in [0.25, 0.3) is 0 Å². The molecule has 32 heavy (non-hydrogen) atoms. The summed E-state index contributed by atoms with van der Waals surface area (Å²) in [6.45, 7) is 3.02. The number of halogens is 2. The zero-order valence-electron chi connectivity index (χ0n) is 18.6. The first-order valence-corrected chi connectivity index (χ1v) is 11.9. The summed E-state index contributed by atoms with van der Waals surface area (Å²) >= 11 is 5.97. The highest BCUT2D eigenvalue weighted by Crippen LogP contribution is 2.33. The van der Waals surface area contributed by atoms with Crippen LogP contribution >= 0.6 is 24.0 Å². The number of carbonyl (C=O) groups is 1. The Kier molecular flexibility index (Phi) is 7.14. The molecule has 0 spiro atoms. The molecule has 5 rings (SSSR count). The molecule has 170 valence electrons. The number of anilines is 1. The maximum absolute atomic E-state index is 13.0. The molecule has 0 unspecified atom stereocenters. The number of rotatable bonds is 4. The zero-order valence-corrected chi connectivity index (χ0v) is 20.2. The summed E-state index contributed by atoms with van der Waals surface area (Å²) in [4.78, 5) is 17.2. The molecule has 0 atom stereocenters. The number of hydrogen-bond acceptors (Lipinski definition) is 2. The molecule has 0 N–H and O–H groups in total. The predicted molar refractivity (Wildman–Crippen MR) is 135 cm³/mol. The molecular weight excluding hydrogens is 441 g/mol. The van der Waals surface area contributed by atoms with Crippen molar-refractivity contribution in [2.75, 3.05) is 31.1 Å². The van der Waals surface area contributed by atoms with Crippen LogP contribution in [0.4, 0.5) is 5.69 Å². The summed E-state index contributed by atoms with van der Waals surface area (Å²) in [5, 5.41) is 2.14. The van der Waals surface area contributed by atoms with Crippen LogP contribution in [0.2, 0.25) is 5.02 Å². The summed E-state index contributed by atoms with van der Waals surface area (Å²) in [5.74, 6) is 0.192. The van der Waals surface area contributed by atoms with Gasteiger partial charge in [-0.1, -0.05) is 36.2 Å². The molecule has 0 bridgehead atoms. The van der Waals surface area contributed by atoms with Crippen LogP contribution in [0.1, 0.15) is 36.1 Å². The third kappa shape index (κ3) is 4.54. The van der Waals surface area contributed by atoms with E-state index in [2.05, 4.69) is 46.8 Å². The number of aromatic nitrogens is 1. The van der Waals surface area contributed by atoms with Gasteiger partial charge in [0.2, 0.25) is 5.91 Å². The van der Waals surface area contributed by atoms with Crippen molar-refractivity contribution in [1.29, 1.82) is 0 Å². The van der Waals surface area contributed by atoms with Gasteiger partial charge in [0.05, 0.1) is 12.1 Å². The first-order chi connectivity index (χ1) is 15.1. The van der Waals surface area contributed by atoms with Crippen LogP contribution in [0.5, 0.6) is 0 Å². The van der Waals surface area contributed by atoms with Crippen molar-refractivity contribution in [3.05, 3.63) is 64.3 Å². The topological polar surface area (TPSA) is 28.5 Å². The largest absolute Gasteiger partial charge is 0.347 e. The minimum absolute atomic E-state index is 0. The van der Waals surface area contributed by atoms with Crippen molar-refractivity contribution < 1.29 is 4.79 Å². The Labute approximate surface area is 201 Å². The Balaban J connectivity index is 0.00000245. The van der Waals surface area contributed by atoms with Crippen molar-refractivity contribution in [2.24, 2.45) is 7.05 Å². The van der Waals surface area contributed by atoms with E-state index in [4.69, 9.17) is 11.6 Å². The minimum atomic E-state index is 0. The lowest BCUT2D eigenvalue weighted by molar-refractivity contribution is -0.121. The lowest BCUT2D eigenvalue weighted by atomic mass is 10.1. The number of carbonyl (C=O) groups excluding carboxylic acids is 1. The Morgan fingerprint density at radius 1 is 0.969 bits per heavy atom. The van der Waals surface area contributed by atoms with Gasteiger partial charge in [-0.15, -0.1) is 12.4 Å². The number of nitrogens with zero attached hydrogens (tertiary/aromatic N) is 3. The highest BCUT2D eigenvalue weighted by atomic mass is 35.5. The van der Waals surface area contributed by atoms with Gasteiger partial charge in [-0.05, 0) is 67.5 Å². The number of amides is 1. The molecule has 4 nitrogen and oxygen atoms in total. The number of benzene rings is 2. The van der Waals surface area contributed by atoms with E-state index >= 15 is 0 Å². The summed E-state index contributed by atoms with van der Waals surface area (Å²) in [6, 6.07) is 14.6. The molecule has 0 saturated carbocycles. The van der Waals surface area contributed by atoms with Gasteiger partial charge in [0, 0.05) is 48.5 Å². The van der Waals surface area contributed by atoms with Crippen molar-refractivity contribution >= 4 is 46.5 Å². The van der Waals surface area contributed by atoms with Gasteiger partial charge < -0.3 is 9.47 Å². The van der Waals surface area contributed by atoms with E-state index in [1.165, 1.54) is 59.8 Å². The van der Waals surface area contributed by atoms with Gasteiger partial charge in [0.1, 0.15) is 0 Å². The van der Waals surface area contributed by atoms with E-state index in [1.54, 1.807) is 0 Å². The van der Waals surface area contributed by atoms with E-state index in [0.29, 0.717) is 6.54 Å². The second-order valence-electron chi connectivity index (χ2n) is 8.94. The number of piperazine rings is 1. The molecule has 0 radical (unpaired) electrons. The molecule has 1 amide bonds. The van der Waals surface area contributed by atoms with E-state index in [-0.39, 0.29) is 18.3 Å². The van der Waals surface area contributed by atoms with Crippen LogP contribution in [0.25, 0.3) is 10.9 Å². The van der Waals surface area contributed by atoms with E-state index < -0.39 is 0 Å². The van der Waals surface area contributed by atoms with Crippen LogP contribution < -0.4 is 4.90 Å². The molecular formula is C26H31Cl2N3O. The molecule has 1 aromatic heterocycles. The highest BCUT2D eigenvalue weighted by molar-refractivity contribution is 6.30. The van der Waals surface area contributed by atoms with Crippen LogP contribution in [-0.2, 0) is 31.1 Å². The van der Waals surface area contributed by atoms with Crippen LogP contribution in [0, 0.1) is 0 Å². The molecule has 1 aliphatic heterocycles. The maximum atomic E-state index is 13.0. The third-order valence-corrected chi connectivity index (χ3v) is 7.25. The fourth-order valence-corrected chi connectivity index (χ4v) is 5.34. The maximum Gasteiger partial charge on any atom is 0.241 e. The Hall–Kier alpha value is -2.01. The molecule has 2 aliphatic rings. The quantitative estimate of drug-likeness (QED) is 0.475. The fourth-order valence-electron chi connectivity index (χ4n) is 5.22.